The van der Waals surface area contributed by atoms with Gasteiger partial charge in [0.15, 0.2) is 5.82 Å². The van der Waals surface area contributed by atoms with Gasteiger partial charge in [0, 0.05) is 18.8 Å². The van der Waals surface area contributed by atoms with Crippen LogP contribution < -0.4 is 5.32 Å². The Hall–Kier alpha value is -1.95. The Kier molecular flexibility index (Phi) is 5.27. The van der Waals surface area contributed by atoms with E-state index in [1.54, 1.807) is 17.1 Å². The summed E-state index contributed by atoms with van der Waals surface area (Å²) >= 11 is 0. The molecule has 0 aliphatic carbocycles. The molecule has 0 aliphatic heterocycles. The maximum absolute atomic E-state index is 5.53. The first-order chi connectivity index (χ1) is 10.1. The molecule has 2 aromatic heterocycles. The van der Waals surface area contributed by atoms with Crippen molar-refractivity contribution in [3.63, 3.8) is 0 Å². The number of nitrogens with one attached hydrogen (secondary N) is 1. The van der Waals surface area contributed by atoms with Gasteiger partial charge in [-0.25, -0.2) is 9.67 Å². The highest BCUT2D eigenvalue weighted by Crippen LogP contribution is 2.10. The van der Waals surface area contributed by atoms with E-state index in [2.05, 4.69) is 34.2 Å². The predicted octanol–water partition coefficient (Wildman–Crippen LogP) is 2.36. The second-order valence-corrected chi connectivity index (χ2v) is 5.50. The standard InChI is InChI=1S/C15H23N5O/c1-11(2)10-21-6-5-17-14-8-16-9-15(18-14)20-13(4)7-12(3)19-20/h7-9,11H,5-6,10H2,1-4H3,(H,17,18). The number of anilines is 1. The highest BCUT2D eigenvalue weighted by atomic mass is 16.5. The monoisotopic (exact) mass is 289 g/mol. The lowest BCUT2D eigenvalue weighted by Gasteiger charge is -2.09. The third kappa shape index (κ3) is 4.53. The van der Waals surface area contributed by atoms with Crippen LogP contribution in [0.2, 0.25) is 0 Å². The number of nitrogens with zero attached hydrogens (tertiary/aromatic N) is 4. The first kappa shape index (κ1) is 15.4. The van der Waals surface area contributed by atoms with Crippen LogP contribution >= 0.6 is 0 Å². The van der Waals surface area contributed by atoms with Crippen LogP contribution in [0.25, 0.3) is 5.82 Å². The van der Waals surface area contributed by atoms with Crippen molar-refractivity contribution in [2.45, 2.75) is 27.7 Å². The summed E-state index contributed by atoms with van der Waals surface area (Å²) in [5.74, 6) is 2.00. The summed E-state index contributed by atoms with van der Waals surface area (Å²) in [4.78, 5) is 8.73. The molecule has 0 bridgehead atoms. The van der Waals surface area contributed by atoms with Gasteiger partial charge in [0.05, 0.1) is 24.7 Å². The molecule has 6 heteroatoms. The Labute approximate surface area is 125 Å². The van der Waals surface area contributed by atoms with E-state index in [1.807, 2.05) is 19.9 Å². The second kappa shape index (κ2) is 7.17. The normalized spacial score (nSPS) is 11.1. The second-order valence-electron chi connectivity index (χ2n) is 5.50. The molecule has 1 N–H and O–H groups in total. The molecular formula is C15H23N5O. The maximum Gasteiger partial charge on any atom is 0.174 e. The summed E-state index contributed by atoms with van der Waals surface area (Å²) in [7, 11) is 0. The highest BCUT2D eigenvalue weighted by molar-refractivity contribution is 5.36. The number of rotatable bonds is 7. The quantitative estimate of drug-likeness (QED) is 0.793. The van der Waals surface area contributed by atoms with Gasteiger partial charge in [0.25, 0.3) is 0 Å². The number of aromatic nitrogens is 4. The summed E-state index contributed by atoms with van der Waals surface area (Å²) < 4.78 is 7.32. The molecule has 6 nitrogen and oxygen atoms in total. The Balaban J connectivity index is 1.94. The maximum atomic E-state index is 5.53. The number of aryl methyl sites for hydroxylation is 2. The van der Waals surface area contributed by atoms with Crippen LogP contribution in [0, 0.1) is 19.8 Å². The molecule has 0 spiro atoms. The minimum Gasteiger partial charge on any atom is -0.379 e. The molecule has 21 heavy (non-hydrogen) atoms. The lowest BCUT2D eigenvalue weighted by molar-refractivity contribution is 0.118. The molecular weight excluding hydrogens is 266 g/mol. The smallest absolute Gasteiger partial charge is 0.174 e. The summed E-state index contributed by atoms with van der Waals surface area (Å²) in [5, 5.41) is 7.63. The molecule has 0 fully saturated rings. The fourth-order valence-electron chi connectivity index (χ4n) is 1.97. The topological polar surface area (TPSA) is 64.9 Å². The average molecular weight is 289 g/mol. The van der Waals surface area contributed by atoms with E-state index in [4.69, 9.17) is 4.74 Å². The Bertz CT molecular complexity index is 579. The fraction of sp³-hybridized carbons (Fsp3) is 0.533. The molecule has 0 atom stereocenters. The number of hydrogen-bond donors (Lipinski definition) is 1. The van der Waals surface area contributed by atoms with Gasteiger partial charge in [0.2, 0.25) is 0 Å². The predicted molar refractivity (Wildman–Crippen MR) is 82.8 cm³/mol. The Morgan fingerprint density at radius 2 is 2.10 bits per heavy atom. The molecule has 0 aliphatic rings. The van der Waals surface area contributed by atoms with E-state index in [9.17, 15) is 0 Å². The lowest BCUT2D eigenvalue weighted by Crippen LogP contribution is -2.14. The van der Waals surface area contributed by atoms with Crippen molar-refractivity contribution in [2.24, 2.45) is 5.92 Å². The molecule has 0 radical (unpaired) electrons. The van der Waals surface area contributed by atoms with Gasteiger partial charge in [-0.15, -0.1) is 0 Å². The number of hydrogen-bond acceptors (Lipinski definition) is 5. The van der Waals surface area contributed by atoms with Crippen LogP contribution in [0.3, 0.4) is 0 Å². The van der Waals surface area contributed by atoms with Gasteiger partial charge in [-0.1, -0.05) is 13.8 Å². The van der Waals surface area contributed by atoms with Crippen LogP contribution in [0.5, 0.6) is 0 Å². The zero-order chi connectivity index (χ0) is 15.2. The van der Waals surface area contributed by atoms with Crippen LogP contribution in [0.4, 0.5) is 5.82 Å². The third-order valence-corrected chi connectivity index (χ3v) is 2.85. The molecule has 0 aromatic carbocycles. The Morgan fingerprint density at radius 3 is 2.76 bits per heavy atom. The average Bonchev–Trinajstić information content (AvgIpc) is 2.77. The van der Waals surface area contributed by atoms with Gasteiger partial charge < -0.3 is 10.1 Å². The van der Waals surface area contributed by atoms with E-state index in [-0.39, 0.29) is 0 Å². The summed E-state index contributed by atoms with van der Waals surface area (Å²) in [6.07, 6.45) is 3.41. The Morgan fingerprint density at radius 1 is 1.29 bits per heavy atom. The van der Waals surface area contributed by atoms with Gasteiger partial charge in [-0.3, -0.25) is 4.98 Å². The lowest BCUT2D eigenvalue weighted by atomic mass is 10.2. The molecule has 0 amide bonds. The SMILES string of the molecule is Cc1cc(C)n(-c2cncc(NCCOCC(C)C)n2)n1. The van der Waals surface area contributed by atoms with Crippen molar-refractivity contribution in [1.29, 1.82) is 0 Å². The third-order valence-electron chi connectivity index (χ3n) is 2.85. The summed E-state index contributed by atoms with van der Waals surface area (Å²) in [6.45, 7) is 10.4. The largest absolute Gasteiger partial charge is 0.379 e. The highest BCUT2D eigenvalue weighted by Gasteiger charge is 2.06. The van der Waals surface area contributed by atoms with Crippen LogP contribution in [0.1, 0.15) is 25.2 Å². The first-order valence-electron chi connectivity index (χ1n) is 7.23. The van der Waals surface area contributed by atoms with Crippen molar-refractivity contribution in [3.8, 4) is 5.82 Å². The molecule has 2 rings (SSSR count). The van der Waals surface area contributed by atoms with Crippen LogP contribution in [-0.2, 0) is 4.74 Å². The molecule has 0 unspecified atom stereocenters. The molecule has 2 heterocycles. The van der Waals surface area contributed by atoms with Crippen molar-refractivity contribution >= 4 is 5.82 Å². The van der Waals surface area contributed by atoms with Crippen molar-refractivity contribution < 1.29 is 4.74 Å². The summed E-state index contributed by atoms with van der Waals surface area (Å²) in [5.41, 5.74) is 2.01. The zero-order valence-corrected chi connectivity index (χ0v) is 13.1. The van der Waals surface area contributed by atoms with Crippen LogP contribution in [-0.4, -0.2) is 39.5 Å². The number of ether oxygens (including phenoxy) is 1. The van der Waals surface area contributed by atoms with Gasteiger partial charge in [-0.05, 0) is 25.8 Å². The first-order valence-corrected chi connectivity index (χ1v) is 7.23. The van der Waals surface area contributed by atoms with E-state index < -0.39 is 0 Å². The molecule has 114 valence electrons. The van der Waals surface area contributed by atoms with E-state index >= 15 is 0 Å². The molecule has 0 saturated heterocycles. The van der Waals surface area contributed by atoms with Crippen molar-refractivity contribution in [1.82, 2.24) is 19.7 Å². The van der Waals surface area contributed by atoms with Gasteiger partial charge in [0.1, 0.15) is 5.82 Å². The fourth-order valence-corrected chi connectivity index (χ4v) is 1.97. The zero-order valence-electron chi connectivity index (χ0n) is 13.1. The van der Waals surface area contributed by atoms with Crippen molar-refractivity contribution in [3.05, 3.63) is 29.8 Å². The van der Waals surface area contributed by atoms with Gasteiger partial charge in [-0.2, -0.15) is 5.10 Å². The minimum absolute atomic E-state index is 0.555. The van der Waals surface area contributed by atoms with E-state index in [0.717, 1.165) is 23.8 Å². The molecule has 0 saturated carbocycles. The van der Waals surface area contributed by atoms with E-state index in [1.165, 1.54) is 0 Å². The van der Waals surface area contributed by atoms with E-state index in [0.29, 0.717) is 24.9 Å². The summed E-state index contributed by atoms with van der Waals surface area (Å²) in [6, 6.07) is 2.02. The molecule has 2 aromatic rings. The van der Waals surface area contributed by atoms with Gasteiger partial charge >= 0.3 is 0 Å². The minimum atomic E-state index is 0.555. The van der Waals surface area contributed by atoms with Crippen molar-refractivity contribution in [2.75, 3.05) is 25.1 Å². The van der Waals surface area contributed by atoms with Crippen LogP contribution in [0.15, 0.2) is 18.5 Å².